The van der Waals surface area contributed by atoms with Gasteiger partial charge in [0.15, 0.2) is 0 Å². The van der Waals surface area contributed by atoms with Gasteiger partial charge in [-0.2, -0.15) is 0 Å². The highest BCUT2D eigenvalue weighted by molar-refractivity contribution is 5.14. The van der Waals surface area contributed by atoms with E-state index in [2.05, 4.69) is 133 Å². The average molecular weight is 648 g/mol. The summed E-state index contributed by atoms with van der Waals surface area (Å²) in [5, 5.41) is 0. The molecule has 0 bridgehead atoms. The molecule has 0 aliphatic carbocycles. The molecule has 33 heavy (non-hydrogen) atoms. The summed E-state index contributed by atoms with van der Waals surface area (Å²) in [5.41, 5.74) is 4.22. The molecule has 3 aromatic carbocycles. The highest BCUT2D eigenvalue weighted by Gasteiger charge is 1.95. The number of nitrogens with one attached hydrogen (secondary N) is 3. The van der Waals surface area contributed by atoms with E-state index in [1.165, 1.54) is 31.4 Å². The lowest BCUT2D eigenvalue weighted by Gasteiger charge is -2.05. The lowest BCUT2D eigenvalue weighted by Crippen LogP contribution is -3.04. The predicted molar refractivity (Wildman–Crippen MR) is 129 cm³/mol. The Morgan fingerprint density at radius 1 is 0.364 bits per heavy atom. The smallest absolute Gasteiger partial charge is 0.102 e. The zero-order valence-corrected chi connectivity index (χ0v) is 25.7. The van der Waals surface area contributed by atoms with Crippen molar-refractivity contribution in [3.8, 4) is 0 Å². The van der Waals surface area contributed by atoms with Gasteiger partial charge in [0.2, 0.25) is 0 Å². The first-order valence-electron chi connectivity index (χ1n) is 10.9. The van der Waals surface area contributed by atoms with E-state index in [0.717, 1.165) is 19.6 Å². The number of hydrogen-bond acceptors (Lipinski definition) is 0. The van der Waals surface area contributed by atoms with Gasteiger partial charge >= 0.3 is 0 Å². The molecule has 0 spiro atoms. The Morgan fingerprint density at radius 3 is 0.697 bits per heavy atom. The van der Waals surface area contributed by atoms with E-state index >= 15 is 0 Å². The van der Waals surface area contributed by atoms with Crippen molar-refractivity contribution in [2.75, 3.05) is 42.3 Å². The molecule has 6 heteroatoms. The van der Waals surface area contributed by atoms with Crippen molar-refractivity contribution in [3.63, 3.8) is 0 Å². The molecule has 0 amide bonds. The monoisotopic (exact) mass is 645 g/mol. The van der Waals surface area contributed by atoms with Gasteiger partial charge in [-0.15, -0.1) is 0 Å². The van der Waals surface area contributed by atoms with Crippen molar-refractivity contribution >= 4 is 0 Å². The third kappa shape index (κ3) is 21.3. The zero-order valence-electron chi connectivity index (χ0n) is 20.9. The van der Waals surface area contributed by atoms with Crippen LogP contribution in [0.15, 0.2) is 91.0 Å². The fraction of sp³-hybridized carbons (Fsp3) is 0.333. The topological polar surface area (TPSA) is 13.3 Å². The van der Waals surface area contributed by atoms with Crippen molar-refractivity contribution in [1.82, 2.24) is 0 Å². The van der Waals surface area contributed by atoms with Crippen LogP contribution < -0.4 is 65.6 Å². The summed E-state index contributed by atoms with van der Waals surface area (Å²) >= 11 is 0. The van der Waals surface area contributed by atoms with Crippen molar-refractivity contribution in [3.05, 3.63) is 108 Å². The van der Waals surface area contributed by atoms with E-state index in [-0.39, 0.29) is 50.9 Å². The van der Waals surface area contributed by atoms with Gasteiger partial charge in [-0.05, 0) is 0 Å². The van der Waals surface area contributed by atoms with Crippen LogP contribution in [0.4, 0.5) is 0 Å². The zero-order chi connectivity index (χ0) is 22.2. The minimum absolute atomic E-state index is 0. The van der Waals surface area contributed by atoms with E-state index in [1.807, 2.05) is 0 Å². The standard InChI is InChI=1S/3C9H13N.3BrH/c3*1-10(2)8-9-6-4-3-5-7-9;;;/h3*3-7H,8H2,1-2H3;3*1H. The Hall–Kier alpha value is -1.02. The highest BCUT2D eigenvalue weighted by Crippen LogP contribution is 1.95. The second-order valence-corrected chi connectivity index (χ2v) is 8.61. The van der Waals surface area contributed by atoms with Crippen LogP contribution in [0.2, 0.25) is 0 Å². The fourth-order valence-electron chi connectivity index (χ4n) is 3.01. The van der Waals surface area contributed by atoms with E-state index in [1.54, 1.807) is 0 Å². The summed E-state index contributed by atoms with van der Waals surface area (Å²) in [7, 11) is 13.0. The molecule has 0 saturated carbocycles. The van der Waals surface area contributed by atoms with Crippen LogP contribution in [0.5, 0.6) is 0 Å². The predicted octanol–water partition coefficient (Wildman–Crippen LogP) is -7.99. The van der Waals surface area contributed by atoms with Gasteiger partial charge in [0.1, 0.15) is 19.6 Å². The third-order valence-electron chi connectivity index (χ3n) is 4.20. The maximum Gasteiger partial charge on any atom is 0.102 e. The maximum atomic E-state index is 2.16. The molecule has 0 unspecified atom stereocenters. The molecule has 0 aromatic heterocycles. The van der Waals surface area contributed by atoms with Crippen molar-refractivity contribution in [1.29, 1.82) is 0 Å². The Morgan fingerprint density at radius 2 is 0.545 bits per heavy atom. The number of rotatable bonds is 6. The molecule has 0 radical (unpaired) electrons. The van der Waals surface area contributed by atoms with E-state index in [9.17, 15) is 0 Å². The molecule has 0 atom stereocenters. The van der Waals surface area contributed by atoms with Crippen LogP contribution in [0.25, 0.3) is 0 Å². The van der Waals surface area contributed by atoms with Crippen LogP contribution in [-0.2, 0) is 19.6 Å². The normalized spacial score (nSPS) is 9.36. The second-order valence-electron chi connectivity index (χ2n) is 8.61. The minimum Gasteiger partial charge on any atom is -1.00 e. The van der Waals surface area contributed by atoms with Crippen LogP contribution >= 0.6 is 0 Å². The Bertz CT molecular complexity index is 660. The van der Waals surface area contributed by atoms with E-state index in [4.69, 9.17) is 0 Å². The van der Waals surface area contributed by atoms with Crippen molar-refractivity contribution < 1.29 is 65.6 Å². The van der Waals surface area contributed by atoms with Gasteiger partial charge in [0.25, 0.3) is 0 Å². The average Bonchev–Trinajstić information content (AvgIpc) is 2.70. The summed E-state index contributed by atoms with van der Waals surface area (Å²) in [5.74, 6) is 0. The van der Waals surface area contributed by atoms with Crippen LogP contribution in [0.3, 0.4) is 0 Å². The van der Waals surface area contributed by atoms with Crippen molar-refractivity contribution in [2.45, 2.75) is 19.6 Å². The molecule has 0 saturated heterocycles. The van der Waals surface area contributed by atoms with Gasteiger partial charge in [-0.1, -0.05) is 91.0 Å². The number of halogens is 3. The number of quaternary nitrogens is 3. The largest absolute Gasteiger partial charge is 1.00 e. The molecule has 3 nitrogen and oxygen atoms in total. The Balaban J connectivity index is -0.000000391. The molecule has 3 rings (SSSR count). The van der Waals surface area contributed by atoms with Gasteiger partial charge in [-0.25, -0.2) is 0 Å². The van der Waals surface area contributed by atoms with Gasteiger partial charge in [0, 0.05) is 16.7 Å². The summed E-state index contributed by atoms with van der Waals surface area (Å²) in [6, 6.07) is 31.6. The molecule has 186 valence electrons. The van der Waals surface area contributed by atoms with Crippen LogP contribution in [0.1, 0.15) is 16.7 Å². The first-order valence-corrected chi connectivity index (χ1v) is 10.9. The molecule has 0 heterocycles. The molecule has 0 aliphatic rings. The number of benzene rings is 3. The van der Waals surface area contributed by atoms with Crippen LogP contribution in [-0.4, -0.2) is 42.3 Å². The molecular weight excluding hydrogens is 606 g/mol. The van der Waals surface area contributed by atoms with Crippen LogP contribution in [0, 0.1) is 0 Å². The lowest BCUT2D eigenvalue weighted by molar-refractivity contribution is -0.872. The second kappa shape index (κ2) is 22.8. The quantitative estimate of drug-likeness (QED) is 0.236. The molecule has 0 fully saturated rings. The van der Waals surface area contributed by atoms with E-state index in [0.29, 0.717) is 0 Å². The Labute approximate surface area is 234 Å². The third-order valence-corrected chi connectivity index (χ3v) is 4.20. The van der Waals surface area contributed by atoms with Gasteiger partial charge in [0.05, 0.1) is 42.3 Å². The number of hydrogen-bond donors (Lipinski definition) is 3. The molecule has 0 aliphatic heterocycles. The van der Waals surface area contributed by atoms with Gasteiger partial charge < -0.3 is 65.6 Å². The minimum atomic E-state index is 0. The Kier molecular flexibility index (Phi) is 25.2. The first-order chi connectivity index (χ1) is 14.4. The van der Waals surface area contributed by atoms with Gasteiger partial charge in [-0.3, -0.25) is 0 Å². The maximum absolute atomic E-state index is 2.16. The fourth-order valence-corrected chi connectivity index (χ4v) is 3.01. The summed E-state index contributed by atoms with van der Waals surface area (Å²) in [6.45, 7) is 3.34. The van der Waals surface area contributed by atoms with E-state index < -0.39 is 0 Å². The first kappa shape index (κ1) is 36.5. The lowest BCUT2D eigenvalue weighted by atomic mass is 10.2. The summed E-state index contributed by atoms with van der Waals surface area (Å²) in [6.07, 6.45) is 0. The van der Waals surface area contributed by atoms with Crippen molar-refractivity contribution in [2.24, 2.45) is 0 Å². The molecule has 3 aromatic rings. The summed E-state index contributed by atoms with van der Waals surface area (Å²) in [4.78, 5) is 4.39. The highest BCUT2D eigenvalue weighted by atomic mass is 79.9. The molecular formula is C27H42Br3N3. The SMILES string of the molecule is C[NH+](C)Cc1ccccc1.C[NH+](C)Cc1ccccc1.C[NH+](C)Cc1ccccc1.[Br-].[Br-].[Br-]. The summed E-state index contributed by atoms with van der Waals surface area (Å²) < 4.78 is 0. The molecule has 3 N–H and O–H groups in total.